The second kappa shape index (κ2) is 4.96. The average Bonchev–Trinajstić information content (AvgIpc) is 2.99. The zero-order valence-corrected chi connectivity index (χ0v) is 12.8. The molecule has 20 heavy (non-hydrogen) atoms. The van der Waals surface area contributed by atoms with E-state index in [9.17, 15) is 0 Å². The Morgan fingerprint density at radius 3 is 2.65 bits per heavy atom. The van der Waals surface area contributed by atoms with E-state index < -0.39 is 0 Å². The number of thiophene rings is 1. The van der Waals surface area contributed by atoms with Crippen molar-refractivity contribution in [3.63, 3.8) is 0 Å². The van der Waals surface area contributed by atoms with E-state index in [0.717, 1.165) is 21.7 Å². The lowest BCUT2D eigenvalue weighted by molar-refractivity contribution is 1.11. The molecule has 0 spiro atoms. The monoisotopic (exact) mass is 303 g/mol. The number of aromatic nitrogens is 2. The SMILES string of the molecule is Cc1ccc(-c2c(N)n[nH]c2-c2sccc2Cl)cc1C. The number of nitrogen functional groups attached to an aromatic ring is 1. The van der Waals surface area contributed by atoms with Crippen molar-refractivity contribution >= 4 is 28.8 Å². The molecule has 0 amide bonds. The summed E-state index contributed by atoms with van der Waals surface area (Å²) in [5, 5.41) is 9.81. The first kappa shape index (κ1) is 13.2. The Kier molecular flexibility index (Phi) is 3.28. The van der Waals surface area contributed by atoms with E-state index in [1.54, 1.807) is 11.3 Å². The second-order valence-corrected chi connectivity index (χ2v) is 6.08. The van der Waals surface area contributed by atoms with Gasteiger partial charge in [0.15, 0.2) is 5.82 Å². The molecule has 102 valence electrons. The van der Waals surface area contributed by atoms with Crippen LogP contribution in [0.1, 0.15) is 11.1 Å². The number of aryl methyl sites for hydroxylation is 2. The van der Waals surface area contributed by atoms with E-state index >= 15 is 0 Å². The number of rotatable bonds is 2. The summed E-state index contributed by atoms with van der Waals surface area (Å²) >= 11 is 7.79. The number of halogens is 1. The molecule has 0 saturated carbocycles. The fourth-order valence-electron chi connectivity index (χ4n) is 2.18. The van der Waals surface area contributed by atoms with Gasteiger partial charge in [0.05, 0.1) is 21.2 Å². The molecule has 0 aliphatic rings. The van der Waals surface area contributed by atoms with Crippen LogP contribution in [0.25, 0.3) is 21.7 Å². The molecule has 0 atom stereocenters. The van der Waals surface area contributed by atoms with Crippen molar-refractivity contribution in [3.8, 4) is 21.7 Å². The number of nitrogens with two attached hydrogens (primary N) is 1. The van der Waals surface area contributed by atoms with Gasteiger partial charge in [-0.3, -0.25) is 5.10 Å². The van der Waals surface area contributed by atoms with Gasteiger partial charge in [0, 0.05) is 0 Å². The van der Waals surface area contributed by atoms with Gasteiger partial charge in [0.1, 0.15) is 0 Å². The maximum atomic E-state index is 6.22. The molecule has 3 N–H and O–H groups in total. The van der Waals surface area contributed by atoms with Crippen molar-refractivity contribution in [2.75, 3.05) is 5.73 Å². The van der Waals surface area contributed by atoms with Crippen LogP contribution in [0.5, 0.6) is 0 Å². The highest BCUT2D eigenvalue weighted by Gasteiger charge is 2.18. The van der Waals surface area contributed by atoms with E-state index in [1.807, 2.05) is 11.4 Å². The van der Waals surface area contributed by atoms with Crippen molar-refractivity contribution in [2.45, 2.75) is 13.8 Å². The lowest BCUT2D eigenvalue weighted by atomic mass is 10.00. The zero-order valence-electron chi connectivity index (χ0n) is 11.2. The van der Waals surface area contributed by atoms with Crippen LogP contribution in [0.4, 0.5) is 5.82 Å². The van der Waals surface area contributed by atoms with Crippen molar-refractivity contribution in [2.24, 2.45) is 0 Å². The van der Waals surface area contributed by atoms with Crippen molar-refractivity contribution in [3.05, 3.63) is 45.8 Å². The molecule has 0 bridgehead atoms. The Morgan fingerprint density at radius 2 is 2.00 bits per heavy atom. The summed E-state index contributed by atoms with van der Waals surface area (Å²) in [5.74, 6) is 0.493. The third-order valence-corrected chi connectivity index (χ3v) is 4.79. The van der Waals surface area contributed by atoms with Gasteiger partial charge in [-0.05, 0) is 42.0 Å². The fourth-order valence-corrected chi connectivity index (χ4v) is 3.33. The highest BCUT2D eigenvalue weighted by atomic mass is 35.5. The van der Waals surface area contributed by atoms with Crippen LogP contribution in [-0.2, 0) is 0 Å². The highest BCUT2D eigenvalue weighted by molar-refractivity contribution is 7.14. The molecule has 5 heteroatoms. The first-order valence-corrected chi connectivity index (χ1v) is 7.48. The predicted octanol–water partition coefficient (Wildman–Crippen LogP) is 4.66. The van der Waals surface area contributed by atoms with Gasteiger partial charge in [-0.2, -0.15) is 5.10 Å². The van der Waals surface area contributed by atoms with Crippen molar-refractivity contribution in [1.29, 1.82) is 0 Å². The summed E-state index contributed by atoms with van der Waals surface area (Å²) in [6, 6.07) is 8.16. The number of nitrogens with one attached hydrogen (secondary N) is 1. The summed E-state index contributed by atoms with van der Waals surface area (Å²) in [6.07, 6.45) is 0. The lowest BCUT2D eigenvalue weighted by Gasteiger charge is -2.07. The third-order valence-electron chi connectivity index (χ3n) is 3.43. The number of aromatic amines is 1. The Hall–Kier alpha value is -1.78. The van der Waals surface area contributed by atoms with Gasteiger partial charge in [-0.25, -0.2) is 0 Å². The van der Waals surface area contributed by atoms with Crippen molar-refractivity contribution < 1.29 is 0 Å². The Labute approximate surface area is 126 Å². The number of hydrogen-bond acceptors (Lipinski definition) is 3. The molecule has 3 nitrogen and oxygen atoms in total. The van der Waals surface area contributed by atoms with Crippen molar-refractivity contribution in [1.82, 2.24) is 10.2 Å². The molecule has 0 saturated heterocycles. The Morgan fingerprint density at radius 1 is 1.20 bits per heavy atom. The third kappa shape index (κ3) is 2.11. The molecule has 0 fully saturated rings. The summed E-state index contributed by atoms with van der Waals surface area (Å²) in [7, 11) is 0. The highest BCUT2D eigenvalue weighted by Crippen LogP contribution is 2.40. The standard InChI is InChI=1S/C15H14ClN3S/c1-8-3-4-10(7-9(8)2)12-13(18-19-15(12)17)14-11(16)5-6-20-14/h3-7H,1-2H3,(H3,17,18,19). The van der Waals surface area contributed by atoms with Crippen LogP contribution in [0.2, 0.25) is 5.02 Å². The Bertz CT molecular complexity index is 773. The van der Waals surface area contributed by atoms with Gasteiger partial charge in [0.25, 0.3) is 0 Å². The second-order valence-electron chi connectivity index (χ2n) is 4.76. The summed E-state index contributed by atoms with van der Waals surface area (Å²) < 4.78 is 0. The van der Waals surface area contributed by atoms with E-state index in [-0.39, 0.29) is 0 Å². The van der Waals surface area contributed by atoms with Gasteiger partial charge in [0.2, 0.25) is 0 Å². The number of benzene rings is 1. The van der Waals surface area contributed by atoms with Gasteiger partial charge < -0.3 is 5.73 Å². The van der Waals surface area contributed by atoms with E-state index in [4.69, 9.17) is 17.3 Å². The Balaban J connectivity index is 2.21. The van der Waals surface area contributed by atoms with Crippen LogP contribution < -0.4 is 5.73 Å². The van der Waals surface area contributed by atoms with Crippen LogP contribution in [-0.4, -0.2) is 10.2 Å². The van der Waals surface area contributed by atoms with Gasteiger partial charge in [-0.15, -0.1) is 11.3 Å². The zero-order chi connectivity index (χ0) is 14.3. The maximum absolute atomic E-state index is 6.22. The molecule has 0 unspecified atom stereocenters. The predicted molar refractivity (Wildman–Crippen MR) is 86.2 cm³/mol. The number of anilines is 1. The van der Waals surface area contributed by atoms with E-state index in [2.05, 4.69) is 42.2 Å². The summed E-state index contributed by atoms with van der Waals surface area (Å²) in [4.78, 5) is 0.962. The summed E-state index contributed by atoms with van der Waals surface area (Å²) in [6.45, 7) is 4.18. The van der Waals surface area contributed by atoms with Crippen LogP contribution in [0.3, 0.4) is 0 Å². The molecule has 2 aromatic heterocycles. The maximum Gasteiger partial charge on any atom is 0.153 e. The van der Waals surface area contributed by atoms with Crippen LogP contribution in [0, 0.1) is 13.8 Å². The molecule has 3 aromatic rings. The first-order valence-electron chi connectivity index (χ1n) is 6.22. The van der Waals surface area contributed by atoms with Crippen LogP contribution >= 0.6 is 22.9 Å². The minimum Gasteiger partial charge on any atom is -0.382 e. The minimum absolute atomic E-state index is 0.493. The lowest BCUT2D eigenvalue weighted by Crippen LogP contribution is -1.90. The molecule has 1 aromatic carbocycles. The molecular formula is C15H14ClN3S. The largest absolute Gasteiger partial charge is 0.382 e. The number of hydrogen-bond donors (Lipinski definition) is 2. The molecule has 0 radical (unpaired) electrons. The molecule has 0 aliphatic carbocycles. The van der Waals surface area contributed by atoms with Gasteiger partial charge in [-0.1, -0.05) is 29.8 Å². The molecule has 0 aliphatic heterocycles. The average molecular weight is 304 g/mol. The number of H-pyrrole nitrogens is 1. The normalized spacial score (nSPS) is 10.9. The topological polar surface area (TPSA) is 54.7 Å². The molecule has 2 heterocycles. The summed E-state index contributed by atoms with van der Waals surface area (Å²) in [5.41, 5.74) is 11.4. The van der Waals surface area contributed by atoms with E-state index in [1.165, 1.54) is 11.1 Å². The molecular weight excluding hydrogens is 290 g/mol. The van der Waals surface area contributed by atoms with E-state index in [0.29, 0.717) is 10.8 Å². The quantitative estimate of drug-likeness (QED) is 0.723. The smallest absolute Gasteiger partial charge is 0.153 e. The molecule has 3 rings (SSSR count). The van der Waals surface area contributed by atoms with Crippen LogP contribution in [0.15, 0.2) is 29.6 Å². The minimum atomic E-state index is 0.493. The number of nitrogens with zero attached hydrogens (tertiary/aromatic N) is 1. The fraction of sp³-hybridized carbons (Fsp3) is 0.133. The van der Waals surface area contributed by atoms with Gasteiger partial charge >= 0.3 is 0 Å². The first-order chi connectivity index (χ1) is 9.58.